The van der Waals surface area contributed by atoms with Gasteiger partial charge in [-0.25, -0.2) is 4.98 Å². The Labute approximate surface area is 151 Å². The minimum Gasteiger partial charge on any atom is -0.332 e. The Balaban J connectivity index is 2.65. The van der Waals surface area contributed by atoms with Crippen molar-refractivity contribution in [2.24, 2.45) is 0 Å². The van der Waals surface area contributed by atoms with Gasteiger partial charge in [-0.2, -0.15) is 0 Å². The van der Waals surface area contributed by atoms with Crippen LogP contribution in [0.15, 0.2) is 12.4 Å². The maximum Gasteiger partial charge on any atom is 0.111 e. The van der Waals surface area contributed by atoms with Crippen LogP contribution in [0.1, 0.15) is 129 Å². The third-order valence-corrected chi connectivity index (χ3v) is 5.33. The third kappa shape index (κ3) is 7.85. The number of rotatable bonds is 15. The summed E-state index contributed by atoms with van der Waals surface area (Å²) in [6, 6.07) is 0.596. The first-order valence-electron chi connectivity index (χ1n) is 10.8. The minimum absolute atomic E-state index is 0.596. The van der Waals surface area contributed by atoms with Crippen molar-refractivity contribution < 1.29 is 0 Å². The van der Waals surface area contributed by atoms with E-state index in [0.29, 0.717) is 12.0 Å². The Morgan fingerprint density at radius 2 is 1.33 bits per heavy atom. The monoisotopic (exact) mass is 334 g/mol. The van der Waals surface area contributed by atoms with Crippen molar-refractivity contribution in [3.8, 4) is 0 Å². The van der Waals surface area contributed by atoms with Gasteiger partial charge in [0.15, 0.2) is 0 Å². The van der Waals surface area contributed by atoms with Gasteiger partial charge in [-0.1, -0.05) is 85.0 Å². The summed E-state index contributed by atoms with van der Waals surface area (Å²) in [5.41, 5.74) is 0. The Morgan fingerprint density at radius 1 is 0.792 bits per heavy atom. The van der Waals surface area contributed by atoms with Crippen LogP contribution >= 0.6 is 0 Å². The van der Waals surface area contributed by atoms with Crippen molar-refractivity contribution in [3.05, 3.63) is 18.2 Å². The lowest BCUT2D eigenvalue weighted by molar-refractivity contribution is 0.417. The maximum absolute atomic E-state index is 4.80. The fraction of sp³-hybridized carbons (Fsp3) is 0.864. The average molecular weight is 335 g/mol. The third-order valence-electron chi connectivity index (χ3n) is 5.33. The lowest BCUT2D eigenvalue weighted by atomic mass is 9.93. The van der Waals surface area contributed by atoms with E-state index in [-0.39, 0.29) is 0 Å². The van der Waals surface area contributed by atoms with Crippen LogP contribution in [-0.2, 0) is 0 Å². The summed E-state index contributed by atoms with van der Waals surface area (Å²) in [7, 11) is 0. The van der Waals surface area contributed by atoms with E-state index in [1.165, 1.54) is 89.3 Å². The second-order valence-corrected chi connectivity index (χ2v) is 7.58. The number of hydrogen-bond acceptors (Lipinski definition) is 1. The minimum atomic E-state index is 0.596. The molecular weight excluding hydrogens is 292 g/mol. The molecule has 1 aromatic rings. The van der Waals surface area contributed by atoms with E-state index in [9.17, 15) is 0 Å². The van der Waals surface area contributed by atoms with E-state index in [0.717, 1.165) is 0 Å². The first-order chi connectivity index (χ1) is 11.7. The molecule has 0 saturated heterocycles. The Bertz CT molecular complexity index is 386. The molecule has 24 heavy (non-hydrogen) atoms. The molecule has 1 atom stereocenters. The zero-order valence-corrected chi connectivity index (χ0v) is 16.9. The second kappa shape index (κ2) is 13.5. The molecule has 0 spiro atoms. The summed E-state index contributed by atoms with van der Waals surface area (Å²) in [6.07, 6.45) is 21.6. The van der Waals surface area contributed by atoms with E-state index in [4.69, 9.17) is 4.98 Å². The van der Waals surface area contributed by atoms with Crippen LogP contribution in [0.2, 0.25) is 0 Å². The molecule has 140 valence electrons. The maximum atomic E-state index is 4.80. The fourth-order valence-electron chi connectivity index (χ4n) is 3.70. The second-order valence-electron chi connectivity index (χ2n) is 7.58. The van der Waals surface area contributed by atoms with E-state index in [1.807, 2.05) is 6.20 Å². The predicted molar refractivity (Wildman–Crippen MR) is 107 cm³/mol. The molecular formula is C22H42N2. The molecule has 0 aromatic carbocycles. The zero-order valence-electron chi connectivity index (χ0n) is 16.9. The largest absolute Gasteiger partial charge is 0.332 e. The molecule has 0 radical (unpaired) electrons. The van der Waals surface area contributed by atoms with Gasteiger partial charge < -0.3 is 4.57 Å². The molecule has 0 N–H and O–H groups in total. The lowest BCUT2D eigenvalue weighted by Crippen LogP contribution is -2.13. The molecule has 2 nitrogen and oxygen atoms in total. The summed E-state index contributed by atoms with van der Waals surface area (Å²) in [6.45, 7) is 9.26. The summed E-state index contributed by atoms with van der Waals surface area (Å²) in [5.74, 6) is 2.03. The number of aromatic nitrogens is 2. The fourth-order valence-corrected chi connectivity index (χ4v) is 3.70. The standard InChI is InChI=1S/C22H42N2/c1-5-8-11-14-15-20(4)24-19-18-23-22(24)21(16-12-9-6-2)17-13-10-7-3/h18-21H,5-17H2,1-4H3. The first kappa shape index (κ1) is 21.3. The molecule has 0 amide bonds. The molecule has 2 heteroatoms. The molecule has 0 aliphatic carbocycles. The molecule has 1 rings (SSSR count). The average Bonchev–Trinajstić information content (AvgIpc) is 3.07. The van der Waals surface area contributed by atoms with E-state index >= 15 is 0 Å². The van der Waals surface area contributed by atoms with Gasteiger partial charge in [-0.15, -0.1) is 0 Å². The van der Waals surface area contributed by atoms with Gasteiger partial charge in [0.05, 0.1) is 0 Å². The molecule has 0 bridgehead atoms. The van der Waals surface area contributed by atoms with Crippen LogP contribution in [-0.4, -0.2) is 9.55 Å². The van der Waals surface area contributed by atoms with Crippen LogP contribution in [0.3, 0.4) is 0 Å². The van der Waals surface area contributed by atoms with Crippen molar-refractivity contribution >= 4 is 0 Å². The van der Waals surface area contributed by atoms with Crippen molar-refractivity contribution in [2.75, 3.05) is 0 Å². The van der Waals surface area contributed by atoms with Gasteiger partial charge in [-0.3, -0.25) is 0 Å². The van der Waals surface area contributed by atoms with Gasteiger partial charge in [0.2, 0.25) is 0 Å². The quantitative estimate of drug-likeness (QED) is 0.301. The van der Waals surface area contributed by atoms with Crippen molar-refractivity contribution in [1.82, 2.24) is 9.55 Å². The highest BCUT2D eigenvalue weighted by atomic mass is 15.1. The van der Waals surface area contributed by atoms with Gasteiger partial charge in [0.1, 0.15) is 5.82 Å². The SMILES string of the molecule is CCCCCCC(C)n1ccnc1C(CCCCC)CCCCC. The Hall–Kier alpha value is -0.790. The van der Waals surface area contributed by atoms with Crippen LogP contribution < -0.4 is 0 Å². The molecule has 1 aromatic heterocycles. The number of unbranched alkanes of at least 4 members (excludes halogenated alkanes) is 7. The van der Waals surface area contributed by atoms with E-state index in [1.54, 1.807) is 0 Å². The predicted octanol–water partition coefficient (Wildman–Crippen LogP) is 7.66. The van der Waals surface area contributed by atoms with Gasteiger partial charge in [0, 0.05) is 24.4 Å². The van der Waals surface area contributed by atoms with Crippen LogP contribution in [0.5, 0.6) is 0 Å². The summed E-state index contributed by atoms with van der Waals surface area (Å²) in [4.78, 5) is 4.80. The highest BCUT2D eigenvalue weighted by Crippen LogP contribution is 2.30. The van der Waals surface area contributed by atoms with Crippen LogP contribution in [0.4, 0.5) is 0 Å². The van der Waals surface area contributed by atoms with E-state index < -0.39 is 0 Å². The molecule has 0 fully saturated rings. The summed E-state index contributed by atoms with van der Waals surface area (Å²) < 4.78 is 2.49. The van der Waals surface area contributed by atoms with Gasteiger partial charge in [0.25, 0.3) is 0 Å². The Kier molecular flexibility index (Phi) is 12.0. The first-order valence-corrected chi connectivity index (χ1v) is 10.8. The number of imidazole rings is 1. The van der Waals surface area contributed by atoms with Crippen molar-refractivity contribution in [2.45, 2.75) is 123 Å². The zero-order chi connectivity index (χ0) is 17.6. The number of hydrogen-bond donors (Lipinski definition) is 0. The highest BCUT2D eigenvalue weighted by molar-refractivity contribution is 5.02. The number of nitrogens with zero attached hydrogens (tertiary/aromatic N) is 2. The topological polar surface area (TPSA) is 17.8 Å². The molecule has 0 saturated carbocycles. The van der Waals surface area contributed by atoms with Crippen molar-refractivity contribution in [1.29, 1.82) is 0 Å². The summed E-state index contributed by atoms with van der Waals surface area (Å²) >= 11 is 0. The molecule has 1 heterocycles. The van der Waals surface area contributed by atoms with E-state index in [2.05, 4.69) is 38.5 Å². The summed E-state index contributed by atoms with van der Waals surface area (Å²) in [5, 5.41) is 0. The highest BCUT2D eigenvalue weighted by Gasteiger charge is 2.19. The lowest BCUT2D eigenvalue weighted by Gasteiger charge is -2.22. The van der Waals surface area contributed by atoms with Crippen molar-refractivity contribution in [3.63, 3.8) is 0 Å². The van der Waals surface area contributed by atoms with Crippen LogP contribution in [0.25, 0.3) is 0 Å². The molecule has 1 unspecified atom stereocenters. The van der Waals surface area contributed by atoms with Crippen LogP contribution in [0, 0.1) is 0 Å². The smallest absolute Gasteiger partial charge is 0.111 e. The normalized spacial score (nSPS) is 12.9. The van der Waals surface area contributed by atoms with Gasteiger partial charge >= 0.3 is 0 Å². The molecule has 0 aliphatic rings. The Morgan fingerprint density at radius 3 is 1.92 bits per heavy atom. The van der Waals surface area contributed by atoms with Gasteiger partial charge in [-0.05, 0) is 26.2 Å². The molecule has 0 aliphatic heterocycles.